The average Bonchev–Trinajstić information content (AvgIpc) is 2.14. The van der Waals surface area contributed by atoms with Gasteiger partial charge >= 0.3 is 11.9 Å². The summed E-state index contributed by atoms with van der Waals surface area (Å²) in [5.41, 5.74) is 0. The molecule has 1 unspecified atom stereocenters. The van der Waals surface area contributed by atoms with E-state index < -0.39 is 11.9 Å². The smallest absolute Gasteiger partial charge is 0.396 e. The van der Waals surface area contributed by atoms with Gasteiger partial charge in [0.15, 0.2) is 0 Å². The van der Waals surface area contributed by atoms with Crippen molar-refractivity contribution >= 4 is 11.9 Å². The number of esters is 1. The summed E-state index contributed by atoms with van der Waals surface area (Å²) in [4.78, 5) is 24.3. The first-order chi connectivity index (χ1) is 7.36. The third-order valence-corrected chi connectivity index (χ3v) is 2.05. The van der Waals surface area contributed by atoms with Gasteiger partial charge in [0.25, 0.3) is 0 Å². The van der Waals surface area contributed by atoms with Gasteiger partial charge < -0.3 is 15.0 Å². The van der Waals surface area contributed by atoms with Gasteiger partial charge in [-0.05, 0) is 26.4 Å². The van der Waals surface area contributed by atoms with Crippen molar-refractivity contribution in [2.24, 2.45) is 5.92 Å². The standard InChI is InChI=1S/C11H22N2O3/c1-8(2)6-9(7-13(3)4)12-10(14)11(15)16-5/h8-9H,6-7H2,1-5H3,(H,12,14). The minimum Gasteiger partial charge on any atom is -0.462 e. The van der Waals surface area contributed by atoms with Gasteiger partial charge in [-0.2, -0.15) is 0 Å². The van der Waals surface area contributed by atoms with Crippen LogP contribution in [0.1, 0.15) is 20.3 Å². The Morgan fingerprint density at radius 1 is 1.31 bits per heavy atom. The van der Waals surface area contributed by atoms with Crippen LogP contribution in [-0.4, -0.2) is 50.6 Å². The second-order valence-corrected chi connectivity index (χ2v) is 4.55. The highest BCUT2D eigenvalue weighted by molar-refractivity contribution is 6.32. The summed E-state index contributed by atoms with van der Waals surface area (Å²) < 4.78 is 4.36. The molecular weight excluding hydrogens is 208 g/mol. The van der Waals surface area contributed by atoms with Gasteiger partial charge in [0.1, 0.15) is 0 Å². The van der Waals surface area contributed by atoms with E-state index in [9.17, 15) is 9.59 Å². The Morgan fingerprint density at radius 3 is 2.25 bits per heavy atom. The number of nitrogens with zero attached hydrogens (tertiary/aromatic N) is 1. The van der Waals surface area contributed by atoms with Crippen LogP contribution in [-0.2, 0) is 14.3 Å². The van der Waals surface area contributed by atoms with Gasteiger partial charge in [0, 0.05) is 12.6 Å². The van der Waals surface area contributed by atoms with Crippen molar-refractivity contribution < 1.29 is 14.3 Å². The molecule has 0 aliphatic rings. The van der Waals surface area contributed by atoms with Crippen LogP contribution in [0.2, 0.25) is 0 Å². The molecule has 1 amide bonds. The first kappa shape index (κ1) is 14.9. The molecule has 1 N–H and O–H groups in total. The lowest BCUT2D eigenvalue weighted by molar-refractivity contribution is -0.153. The Labute approximate surface area is 97.1 Å². The third kappa shape index (κ3) is 6.40. The van der Waals surface area contributed by atoms with Gasteiger partial charge in [-0.1, -0.05) is 13.8 Å². The Kier molecular flexibility index (Phi) is 6.72. The van der Waals surface area contributed by atoms with E-state index in [0.717, 1.165) is 6.42 Å². The fourth-order valence-electron chi connectivity index (χ4n) is 1.53. The van der Waals surface area contributed by atoms with E-state index in [1.54, 1.807) is 0 Å². The first-order valence-corrected chi connectivity index (χ1v) is 5.40. The molecule has 0 aromatic carbocycles. The fraction of sp³-hybridized carbons (Fsp3) is 0.818. The molecule has 0 rings (SSSR count). The zero-order valence-corrected chi connectivity index (χ0v) is 10.7. The molecule has 94 valence electrons. The number of methoxy groups -OCH3 is 1. The highest BCUT2D eigenvalue weighted by Gasteiger charge is 2.20. The Bertz CT molecular complexity index is 229. The topological polar surface area (TPSA) is 58.6 Å². The van der Waals surface area contributed by atoms with Crippen LogP contribution in [0, 0.1) is 5.92 Å². The van der Waals surface area contributed by atoms with E-state index in [0.29, 0.717) is 12.5 Å². The van der Waals surface area contributed by atoms with Crippen molar-refractivity contribution in [1.82, 2.24) is 10.2 Å². The van der Waals surface area contributed by atoms with E-state index in [-0.39, 0.29) is 6.04 Å². The molecule has 0 saturated heterocycles. The summed E-state index contributed by atoms with van der Waals surface area (Å²) >= 11 is 0. The summed E-state index contributed by atoms with van der Waals surface area (Å²) in [6.07, 6.45) is 0.834. The summed E-state index contributed by atoms with van der Waals surface area (Å²) in [7, 11) is 5.06. The number of nitrogens with one attached hydrogen (secondary N) is 1. The Hall–Kier alpha value is -1.10. The molecule has 1 atom stereocenters. The van der Waals surface area contributed by atoms with Crippen LogP contribution in [0.3, 0.4) is 0 Å². The Balaban J connectivity index is 4.30. The molecule has 0 spiro atoms. The van der Waals surface area contributed by atoms with Gasteiger partial charge in [0.2, 0.25) is 0 Å². The summed E-state index contributed by atoms with van der Waals surface area (Å²) in [5, 5.41) is 2.68. The molecule has 5 heteroatoms. The molecule has 0 fully saturated rings. The zero-order valence-electron chi connectivity index (χ0n) is 10.7. The molecule has 0 aliphatic carbocycles. The van der Waals surface area contributed by atoms with Gasteiger partial charge in [0.05, 0.1) is 7.11 Å². The number of amides is 1. The minimum atomic E-state index is -0.840. The van der Waals surface area contributed by atoms with Crippen molar-refractivity contribution in [3.8, 4) is 0 Å². The summed E-state index contributed by atoms with van der Waals surface area (Å²) in [6.45, 7) is 4.86. The molecule has 0 aromatic rings. The van der Waals surface area contributed by atoms with Crippen molar-refractivity contribution in [3.05, 3.63) is 0 Å². The monoisotopic (exact) mass is 230 g/mol. The summed E-state index contributed by atoms with van der Waals surface area (Å²) in [6, 6.07) is -0.0263. The summed E-state index contributed by atoms with van der Waals surface area (Å²) in [5.74, 6) is -1.05. The normalized spacial score (nSPS) is 12.7. The lowest BCUT2D eigenvalue weighted by Gasteiger charge is -2.23. The Morgan fingerprint density at radius 2 is 1.88 bits per heavy atom. The lowest BCUT2D eigenvalue weighted by atomic mass is 10.0. The minimum absolute atomic E-state index is 0.0263. The maximum atomic E-state index is 11.3. The first-order valence-electron chi connectivity index (χ1n) is 5.40. The third-order valence-electron chi connectivity index (χ3n) is 2.05. The number of hydrogen-bond donors (Lipinski definition) is 1. The van der Waals surface area contributed by atoms with Crippen molar-refractivity contribution in [2.45, 2.75) is 26.3 Å². The molecule has 0 heterocycles. The van der Waals surface area contributed by atoms with Crippen LogP contribution < -0.4 is 5.32 Å². The molecule has 0 radical (unpaired) electrons. The SMILES string of the molecule is COC(=O)C(=O)NC(CC(C)C)CN(C)C. The van der Waals surface area contributed by atoms with E-state index in [1.165, 1.54) is 7.11 Å². The molecule has 0 aliphatic heterocycles. The van der Waals surface area contributed by atoms with Crippen LogP contribution in [0.15, 0.2) is 0 Å². The molecule has 0 aromatic heterocycles. The van der Waals surface area contributed by atoms with E-state index >= 15 is 0 Å². The number of ether oxygens (including phenoxy) is 1. The number of carbonyl (C=O) groups is 2. The molecule has 16 heavy (non-hydrogen) atoms. The highest BCUT2D eigenvalue weighted by Crippen LogP contribution is 2.05. The van der Waals surface area contributed by atoms with Gasteiger partial charge in [-0.15, -0.1) is 0 Å². The molecule has 0 bridgehead atoms. The predicted octanol–water partition coefficient (Wildman–Crippen LogP) is 0.252. The van der Waals surface area contributed by atoms with Crippen molar-refractivity contribution in [3.63, 3.8) is 0 Å². The number of hydrogen-bond acceptors (Lipinski definition) is 4. The van der Waals surface area contributed by atoms with Gasteiger partial charge in [-0.25, -0.2) is 4.79 Å². The van der Waals surface area contributed by atoms with Crippen molar-refractivity contribution in [1.29, 1.82) is 0 Å². The number of carbonyl (C=O) groups excluding carboxylic acids is 2. The largest absolute Gasteiger partial charge is 0.462 e. The number of rotatable bonds is 5. The maximum absolute atomic E-state index is 11.3. The highest BCUT2D eigenvalue weighted by atomic mass is 16.5. The zero-order chi connectivity index (χ0) is 12.7. The number of likely N-dealkylation sites (N-methyl/N-ethyl adjacent to an activating group) is 1. The second kappa shape index (κ2) is 7.22. The lowest BCUT2D eigenvalue weighted by Crippen LogP contribution is -2.45. The van der Waals surface area contributed by atoms with Crippen LogP contribution >= 0.6 is 0 Å². The quantitative estimate of drug-likeness (QED) is 0.543. The van der Waals surface area contributed by atoms with Crippen LogP contribution in [0.25, 0.3) is 0 Å². The predicted molar refractivity (Wildman–Crippen MR) is 62.0 cm³/mol. The van der Waals surface area contributed by atoms with Crippen LogP contribution in [0.4, 0.5) is 0 Å². The van der Waals surface area contributed by atoms with E-state index in [4.69, 9.17) is 0 Å². The van der Waals surface area contributed by atoms with E-state index in [2.05, 4.69) is 23.9 Å². The molecule has 5 nitrogen and oxygen atoms in total. The average molecular weight is 230 g/mol. The maximum Gasteiger partial charge on any atom is 0.396 e. The van der Waals surface area contributed by atoms with Crippen molar-refractivity contribution in [2.75, 3.05) is 27.7 Å². The van der Waals surface area contributed by atoms with Gasteiger partial charge in [-0.3, -0.25) is 4.79 Å². The molecule has 0 saturated carbocycles. The van der Waals surface area contributed by atoms with Crippen LogP contribution in [0.5, 0.6) is 0 Å². The fourth-order valence-corrected chi connectivity index (χ4v) is 1.53. The molecular formula is C11H22N2O3. The van der Waals surface area contributed by atoms with E-state index in [1.807, 2.05) is 19.0 Å². The second-order valence-electron chi connectivity index (χ2n) is 4.55.